The number of rotatable bonds is 6. The minimum atomic E-state index is -3.94. The number of hydrogen-bond donors (Lipinski definition) is 3. The molecule has 2 aromatic rings. The lowest BCUT2D eigenvalue weighted by molar-refractivity contribution is 0.0273. The zero-order chi connectivity index (χ0) is 18.0. The fourth-order valence-corrected chi connectivity index (χ4v) is 4.21. The summed E-state index contributed by atoms with van der Waals surface area (Å²) in [6.45, 7) is 0. The van der Waals surface area contributed by atoms with Gasteiger partial charge in [0.05, 0.1) is 28.3 Å². The SMILES string of the molecule is O=C(O)c1cccc(S(=O)(=O)N[C@@H](c2ccccn2)C2CC(O)C2)c1. The number of carbonyl (C=O) groups is 1. The van der Waals surface area contributed by atoms with Gasteiger partial charge in [-0.3, -0.25) is 4.98 Å². The molecule has 25 heavy (non-hydrogen) atoms. The van der Waals surface area contributed by atoms with Gasteiger partial charge in [-0.2, -0.15) is 0 Å². The number of aliphatic hydroxyl groups is 1. The van der Waals surface area contributed by atoms with Crippen molar-refractivity contribution in [3.8, 4) is 0 Å². The van der Waals surface area contributed by atoms with Gasteiger partial charge in [0.2, 0.25) is 10.0 Å². The van der Waals surface area contributed by atoms with Gasteiger partial charge in [0, 0.05) is 6.20 Å². The first kappa shape index (κ1) is 17.5. The molecule has 1 aliphatic carbocycles. The number of benzene rings is 1. The highest BCUT2D eigenvalue weighted by Gasteiger charge is 2.37. The number of hydrogen-bond acceptors (Lipinski definition) is 5. The molecule has 0 radical (unpaired) electrons. The van der Waals surface area contributed by atoms with Crippen LogP contribution in [0.3, 0.4) is 0 Å². The molecule has 1 atom stereocenters. The monoisotopic (exact) mass is 362 g/mol. The molecule has 1 aromatic heterocycles. The van der Waals surface area contributed by atoms with Crippen molar-refractivity contribution in [3.63, 3.8) is 0 Å². The van der Waals surface area contributed by atoms with Crippen LogP contribution in [0.1, 0.15) is 34.9 Å². The summed E-state index contributed by atoms with van der Waals surface area (Å²) in [4.78, 5) is 15.2. The number of nitrogens with one attached hydrogen (secondary N) is 1. The van der Waals surface area contributed by atoms with E-state index < -0.39 is 28.1 Å². The molecule has 132 valence electrons. The average molecular weight is 362 g/mol. The molecule has 8 heteroatoms. The third kappa shape index (κ3) is 3.87. The molecule has 1 aliphatic rings. The number of carboxylic acid groups (broad SMARTS) is 1. The van der Waals surface area contributed by atoms with Crippen LogP contribution in [-0.2, 0) is 10.0 Å². The van der Waals surface area contributed by atoms with Crippen LogP contribution in [0.2, 0.25) is 0 Å². The van der Waals surface area contributed by atoms with E-state index in [0.717, 1.165) is 6.07 Å². The minimum Gasteiger partial charge on any atom is -0.478 e. The Hall–Kier alpha value is -2.29. The summed E-state index contributed by atoms with van der Waals surface area (Å²) in [5, 5.41) is 18.6. The Balaban J connectivity index is 1.90. The van der Waals surface area contributed by atoms with Crippen molar-refractivity contribution in [3.05, 3.63) is 59.9 Å². The van der Waals surface area contributed by atoms with Gasteiger partial charge in [-0.25, -0.2) is 17.9 Å². The Bertz CT molecular complexity index is 864. The zero-order valence-corrected chi connectivity index (χ0v) is 14.1. The van der Waals surface area contributed by atoms with E-state index in [-0.39, 0.29) is 16.4 Å². The topological polar surface area (TPSA) is 117 Å². The van der Waals surface area contributed by atoms with Crippen LogP contribution in [-0.4, -0.2) is 35.7 Å². The van der Waals surface area contributed by atoms with E-state index in [0.29, 0.717) is 18.5 Å². The Kier molecular flexibility index (Phi) is 4.85. The minimum absolute atomic E-state index is 0.0673. The predicted molar refractivity (Wildman–Crippen MR) is 89.4 cm³/mol. The zero-order valence-electron chi connectivity index (χ0n) is 13.2. The van der Waals surface area contributed by atoms with E-state index in [4.69, 9.17) is 5.11 Å². The molecule has 0 spiro atoms. The third-order valence-corrected chi connectivity index (χ3v) is 5.74. The second kappa shape index (κ2) is 6.91. The van der Waals surface area contributed by atoms with Gasteiger partial charge in [-0.15, -0.1) is 0 Å². The Labute approximate surface area is 145 Å². The highest BCUT2D eigenvalue weighted by molar-refractivity contribution is 7.89. The van der Waals surface area contributed by atoms with Gasteiger partial charge in [0.15, 0.2) is 0 Å². The maximum atomic E-state index is 12.7. The van der Waals surface area contributed by atoms with E-state index >= 15 is 0 Å². The largest absolute Gasteiger partial charge is 0.478 e. The maximum absolute atomic E-state index is 12.7. The van der Waals surface area contributed by atoms with E-state index in [9.17, 15) is 18.3 Å². The number of pyridine rings is 1. The first-order chi connectivity index (χ1) is 11.9. The maximum Gasteiger partial charge on any atom is 0.335 e. The van der Waals surface area contributed by atoms with Gasteiger partial charge in [-0.05, 0) is 49.1 Å². The Morgan fingerprint density at radius 1 is 1.20 bits per heavy atom. The summed E-state index contributed by atoms with van der Waals surface area (Å²) in [5.74, 6) is -1.26. The molecule has 1 aromatic carbocycles. The van der Waals surface area contributed by atoms with E-state index in [1.807, 2.05) is 0 Å². The van der Waals surface area contributed by atoms with E-state index in [2.05, 4.69) is 9.71 Å². The second-order valence-corrected chi connectivity index (χ2v) is 7.79. The molecule has 0 aliphatic heterocycles. The number of aromatic carboxylic acids is 1. The first-order valence-electron chi connectivity index (χ1n) is 7.81. The first-order valence-corrected chi connectivity index (χ1v) is 9.30. The quantitative estimate of drug-likeness (QED) is 0.718. The number of aromatic nitrogens is 1. The normalized spacial score (nSPS) is 21.3. The summed E-state index contributed by atoms with van der Waals surface area (Å²) >= 11 is 0. The molecule has 7 nitrogen and oxygen atoms in total. The van der Waals surface area contributed by atoms with Gasteiger partial charge >= 0.3 is 5.97 Å². The van der Waals surface area contributed by atoms with Crippen molar-refractivity contribution in [1.29, 1.82) is 0 Å². The number of nitrogens with zero attached hydrogens (tertiary/aromatic N) is 1. The standard InChI is InChI=1S/C17H18N2O5S/c20-13-8-12(9-13)16(15-6-1-2-7-18-15)19-25(23,24)14-5-3-4-11(10-14)17(21)22/h1-7,10,12-13,16,19-20H,8-9H2,(H,21,22)/t12?,13?,16-/m1/s1. The third-order valence-electron chi connectivity index (χ3n) is 4.30. The van der Waals surface area contributed by atoms with Gasteiger partial charge < -0.3 is 10.2 Å². The molecule has 3 N–H and O–H groups in total. The van der Waals surface area contributed by atoms with Crippen LogP contribution in [0.25, 0.3) is 0 Å². The van der Waals surface area contributed by atoms with Gasteiger partial charge in [-0.1, -0.05) is 12.1 Å². The van der Waals surface area contributed by atoms with Gasteiger partial charge in [0.25, 0.3) is 0 Å². The molecule has 0 amide bonds. The summed E-state index contributed by atoms with van der Waals surface area (Å²) in [5.41, 5.74) is 0.466. The molecule has 0 unspecified atom stereocenters. The van der Waals surface area contributed by atoms with E-state index in [1.165, 1.54) is 18.2 Å². The molecule has 3 rings (SSSR count). The predicted octanol–water partition coefficient (Wildman–Crippen LogP) is 1.57. The van der Waals surface area contributed by atoms with Crippen LogP contribution in [0, 0.1) is 5.92 Å². The highest BCUT2D eigenvalue weighted by atomic mass is 32.2. The fourth-order valence-electron chi connectivity index (χ4n) is 2.89. The lowest BCUT2D eigenvalue weighted by atomic mass is 9.76. The molecule has 0 saturated heterocycles. The highest BCUT2D eigenvalue weighted by Crippen LogP contribution is 2.38. The van der Waals surface area contributed by atoms with Crippen LogP contribution >= 0.6 is 0 Å². The van der Waals surface area contributed by atoms with Crippen molar-refractivity contribution >= 4 is 16.0 Å². The van der Waals surface area contributed by atoms with Crippen molar-refractivity contribution in [2.24, 2.45) is 5.92 Å². The fraction of sp³-hybridized carbons (Fsp3) is 0.294. The number of aliphatic hydroxyl groups excluding tert-OH is 1. The van der Waals surface area contributed by atoms with Gasteiger partial charge in [0.1, 0.15) is 0 Å². The number of carboxylic acids is 1. The molecule has 1 saturated carbocycles. The number of sulfonamides is 1. The van der Waals surface area contributed by atoms with Crippen LogP contribution in [0.5, 0.6) is 0 Å². The Morgan fingerprint density at radius 2 is 1.96 bits per heavy atom. The van der Waals surface area contributed by atoms with Crippen molar-refractivity contribution in [2.75, 3.05) is 0 Å². The summed E-state index contributed by atoms with van der Waals surface area (Å²) in [6.07, 6.45) is 2.12. The molecule has 1 fully saturated rings. The molecular weight excluding hydrogens is 344 g/mol. The van der Waals surface area contributed by atoms with E-state index in [1.54, 1.807) is 24.4 Å². The summed E-state index contributed by atoms with van der Waals surface area (Å²) < 4.78 is 28.1. The summed E-state index contributed by atoms with van der Waals surface area (Å²) in [6, 6.07) is 9.84. The lowest BCUT2D eigenvalue weighted by Gasteiger charge is -2.37. The second-order valence-electron chi connectivity index (χ2n) is 6.07. The van der Waals surface area contributed by atoms with Crippen LogP contribution < -0.4 is 4.72 Å². The van der Waals surface area contributed by atoms with Crippen molar-refractivity contribution < 1.29 is 23.4 Å². The molecule has 0 bridgehead atoms. The molecule has 1 heterocycles. The molecular formula is C17H18N2O5S. The lowest BCUT2D eigenvalue weighted by Crippen LogP contribution is -2.41. The summed E-state index contributed by atoms with van der Waals surface area (Å²) in [7, 11) is -3.94. The van der Waals surface area contributed by atoms with Crippen molar-refractivity contribution in [1.82, 2.24) is 9.71 Å². The average Bonchev–Trinajstić information content (AvgIpc) is 2.58. The van der Waals surface area contributed by atoms with Crippen LogP contribution in [0.15, 0.2) is 53.6 Å². The van der Waals surface area contributed by atoms with Crippen LogP contribution in [0.4, 0.5) is 0 Å². The van der Waals surface area contributed by atoms with Crippen molar-refractivity contribution in [2.45, 2.75) is 29.9 Å². The Morgan fingerprint density at radius 3 is 2.56 bits per heavy atom. The smallest absolute Gasteiger partial charge is 0.335 e.